The van der Waals surface area contributed by atoms with E-state index in [2.05, 4.69) is 9.97 Å². The molecule has 35 heavy (non-hydrogen) atoms. The van der Waals surface area contributed by atoms with Crippen molar-refractivity contribution in [2.75, 3.05) is 56.6 Å². The van der Waals surface area contributed by atoms with E-state index in [-0.39, 0.29) is 12.5 Å². The Morgan fingerprint density at radius 3 is 2.06 bits per heavy atom. The van der Waals surface area contributed by atoms with Crippen LogP contribution in [0.1, 0.15) is 36.8 Å². The second-order valence-corrected chi connectivity index (χ2v) is 10.8. The van der Waals surface area contributed by atoms with Crippen LogP contribution >= 0.6 is 0 Å². The molecule has 0 unspecified atom stereocenters. The Labute approximate surface area is 207 Å². The Morgan fingerprint density at radius 1 is 0.886 bits per heavy atom. The lowest BCUT2D eigenvalue weighted by Gasteiger charge is -2.26. The summed E-state index contributed by atoms with van der Waals surface area (Å²) in [6, 6.07) is 7.48. The molecule has 0 aliphatic carbocycles. The molecule has 11 heteroatoms. The number of aromatic nitrogens is 2. The minimum absolute atomic E-state index is 0.0895. The van der Waals surface area contributed by atoms with E-state index in [4.69, 9.17) is 16.2 Å². The van der Waals surface area contributed by atoms with E-state index >= 15 is 0 Å². The molecule has 0 spiro atoms. The average Bonchev–Trinajstić information content (AvgIpc) is 2.84. The molecule has 2 saturated heterocycles. The first-order valence-electron chi connectivity index (χ1n) is 12.1. The van der Waals surface area contributed by atoms with Crippen molar-refractivity contribution < 1.29 is 17.9 Å². The van der Waals surface area contributed by atoms with Crippen LogP contribution in [0, 0.1) is 0 Å². The third kappa shape index (κ3) is 9.08. The van der Waals surface area contributed by atoms with Crippen molar-refractivity contribution >= 4 is 27.6 Å². The van der Waals surface area contributed by atoms with E-state index in [0.717, 1.165) is 56.2 Å². The first kappa shape index (κ1) is 26.8. The fraction of sp³-hybridized carbons (Fsp3) is 0.542. The van der Waals surface area contributed by atoms with Crippen molar-refractivity contribution in [3.63, 3.8) is 0 Å². The lowest BCUT2D eigenvalue weighted by Crippen LogP contribution is -2.42. The van der Waals surface area contributed by atoms with Gasteiger partial charge < -0.3 is 21.1 Å². The summed E-state index contributed by atoms with van der Waals surface area (Å²) in [7, 11) is -2.99. The number of aryl methyl sites for hydroxylation is 2. The van der Waals surface area contributed by atoms with Crippen LogP contribution in [0.15, 0.2) is 36.7 Å². The van der Waals surface area contributed by atoms with E-state index in [0.29, 0.717) is 43.6 Å². The molecule has 0 atom stereocenters. The van der Waals surface area contributed by atoms with Gasteiger partial charge in [-0.2, -0.15) is 0 Å². The Hall–Kier alpha value is -2.76. The minimum atomic E-state index is -2.99. The fourth-order valence-corrected chi connectivity index (χ4v) is 5.62. The summed E-state index contributed by atoms with van der Waals surface area (Å²) < 4.78 is 30.2. The molecular formula is C24H36N6O4S. The van der Waals surface area contributed by atoms with E-state index in [1.54, 1.807) is 28.8 Å². The Bertz CT molecular complexity index is 1030. The van der Waals surface area contributed by atoms with E-state index in [9.17, 15) is 13.2 Å². The molecule has 1 amide bonds. The lowest BCUT2D eigenvalue weighted by atomic mass is 10.1. The van der Waals surface area contributed by atoms with Gasteiger partial charge in [0.25, 0.3) is 0 Å². The second-order valence-electron chi connectivity index (χ2n) is 8.75. The monoisotopic (exact) mass is 504 g/mol. The van der Waals surface area contributed by atoms with Crippen LogP contribution in [0.4, 0.5) is 11.6 Å². The summed E-state index contributed by atoms with van der Waals surface area (Å²) in [5.74, 6) is 1.44. The third-order valence-electron chi connectivity index (χ3n) is 6.00. The van der Waals surface area contributed by atoms with Gasteiger partial charge in [0.15, 0.2) is 0 Å². The van der Waals surface area contributed by atoms with E-state index in [1.165, 1.54) is 0 Å². The smallest absolute Gasteiger partial charge is 0.248 e. The number of carbonyl (C=O) groups is 1. The van der Waals surface area contributed by atoms with Gasteiger partial charge in [-0.15, -0.1) is 0 Å². The van der Waals surface area contributed by atoms with Gasteiger partial charge in [0, 0.05) is 38.6 Å². The molecule has 2 aliphatic rings. The molecule has 192 valence electrons. The summed E-state index contributed by atoms with van der Waals surface area (Å²) in [6.45, 7) is 3.64. The highest BCUT2D eigenvalue weighted by Crippen LogP contribution is 2.15. The number of nitrogen functional groups attached to an aromatic ring is 2. The van der Waals surface area contributed by atoms with Crippen LogP contribution in [-0.4, -0.2) is 78.6 Å². The summed E-state index contributed by atoms with van der Waals surface area (Å²) >= 11 is 0. The summed E-state index contributed by atoms with van der Waals surface area (Å²) in [6.07, 6.45) is 8.82. The molecular weight excluding hydrogens is 468 g/mol. The number of sulfonamides is 1. The lowest BCUT2D eigenvalue weighted by molar-refractivity contribution is -0.142. The summed E-state index contributed by atoms with van der Waals surface area (Å²) in [5, 5.41) is 0. The molecule has 4 rings (SSSR count). The summed E-state index contributed by atoms with van der Waals surface area (Å²) in [4.78, 5) is 21.4. The average molecular weight is 505 g/mol. The first-order chi connectivity index (χ1) is 16.8. The highest BCUT2D eigenvalue weighted by atomic mass is 32.2. The van der Waals surface area contributed by atoms with Gasteiger partial charge in [-0.1, -0.05) is 12.1 Å². The van der Waals surface area contributed by atoms with Gasteiger partial charge in [0.2, 0.25) is 15.9 Å². The van der Waals surface area contributed by atoms with Crippen molar-refractivity contribution in [3.8, 4) is 0 Å². The fourth-order valence-electron chi connectivity index (χ4n) is 3.98. The van der Waals surface area contributed by atoms with Crippen LogP contribution in [-0.2, 0) is 32.4 Å². The SMILES string of the molecule is Nc1ccc(CCCN2CCCCS2(=O)=O)cn1.Nc1ccc(CCCN2CCOCC2=O)cn1. The highest BCUT2D eigenvalue weighted by molar-refractivity contribution is 7.89. The zero-order valence-corrected chi connectivity index (χ0v) is 21.0. The highest BCUT2D eigenvalue weighted by Gasteiger charge is 2.24. The van der Waals surface area contributed by atoms with Gasteiger partial charge in [-0.05, 0) is 61.8 Å². The number of hydrogen-bond acceptors (Lipinski definition) is 8. The number of amides is 1. The predicted molar refractivity (Wildman–Crippen MR) is 136 cm³/mol. The van der Waals surface area contributed by atoms with E-state index < -0.39 is 10.0 Å². The standard InChI is InChI=1S/C12H19N3O2S.C12H17N3O2/c13-12-6-5-11(10-14-12)4-3-8-15-7-1-2-9-18(15,16)17;13-11-4-3-10(8-14-11)2-1-5-15-6-7-17-9-12(15)16/h5-6,10H,1-4,7-9H2,(H2,13,14);3-4,8H,1-2,5-7,9H2,(H2,13,14). The third-order valence-corrected chi connectivity index (χ3v) is 7.96. The molecule has 0 bridgehead atoms. The number of hydrogen-bond donors (Lipinski definition) is 2. The number of pyridine rings is 2. The van der Waals surface area contributed by atoms with Gasteiger partial charge in [0.1, 0.15) is 18.2 Å². The molecule has 0 radical (unpaired) electrons. The molecule has 2 aromatic rings. The number of carbonyl (C=O) groups excluding carboxylic acids is 1. The molecule has 2 fully saturated rings. The zero-order chi connectivity index (χ0) is 25.1. The van der Waals surface area contributed by atoms with Gasteiger partial charge >= 0.3 is 0 Å². The number of nitrogens with two attached hydrogens (primary N) is 2. The molecule has 2 aliphatic heterocycles. The van der Waals surface area contributed by atoms with Crippen molar-refractivity contribution in [2.45, 2.75) is 38.5 Å². The minimum Gasteiger partial charge on any atom is -0.384 e. The number of anilines is 2. The summed E-state index contributed by atoms with van der Waals surface area (Å²) in [5.41, 5.74) is 13.3. The number of morpholine rings is 1. The first-order valence-corrected chi connectivity index (χ1v) is 13.7. The zero-order valence-electron chi connectivity index (χ0n) is 20.1. The number of ether oxygens (including phenoxy) is 1. The number of rotatable bonds is 8. The predicted octanol–water partition coefficient (Wildman–Crippen LogP) is 1.48. The van der Waals surface area contributed by atoms with Gasteiger partial charge in [-0.3, -0.25) is 4.79 Å². The van der Waals surface area contributed by atoms with Crippen molar-refractivity contribution in [3.05, 3.63) is 47.8 Å². The van der Waals surface area contributed by atoms with Crippen molar-refractivity contribution in [2.24, 2.45) is 0 Å². The van der Waals surface area contributed by atoms with Crippen molar-refractivity contribution in [1.82, 2.24) is 19.2 Å². The van der Waals surface area contributed by atoms with Crippen molar-refractivity contribution in [1.29, 1.82) is 0 Å². The Balaban J connectivity index is 0.000000196. The molecule has 4 heterocycles. The van der Waals surface area contributed by atoms with Gasteiger partial charge in [-0.25, -0.2) is 22.7 Å². The van der Waals surface area contributed by atoms with Crippen LogP contribution < -0.4 is 11.5 Å². The Morgan fingerprint density at radius 2 is 1.51 bits per heavy atom. The molecule has 4 N–H and O–H groups in total. The van der Waals surface area contributed by atoms with Crippen LogP contribution in [0.3, 0.4) is 0 Å². The maximum atomic E-state index is 11.8. The maximum Gasteiger partial charge on any atom is 0.248 e. The molecule has 10 nitrogen and oxygen atoms in total. The molecule has 0 aromatic carbocycles. The normalized spacial score (nSPS) is 18.1. The topological polar surface area (TPSA) is 145 Å². The number of nitrogens with zero attached hydrogens (tertiary/aromatic N) is 4. The van der Waals surface area contributed by atoms with Crippen LogP contribution in [0.25, 0.3) is 0 Å². The maximum absolute atomic E-state index is 11.8. The van der Waals surface area contributed by atoms with Gasteiger partial charge in [0.05, 0.1) is 12.4 Å². The van der Waals surface area contributed by atoms with Crippen LogP contribution in [0.2, 0.25) is 0 Å². The largest absolute Gasteiger partial charge is 0.384 e. The second kappa shape index (κ2) is 13.4. The Kier molecular flexibility index (Phi) is 10.2. The van der Waals surface area contributed by atoms with Crippen LogP contribution in [0.5, 0.6) is 0 Å². The molecule has 0 saturated carbocycles. The quantitative estimate of drug-likeness (QED) is 0.550. The van der Waals surface area contributed by atoms with E-state index in [1.807, 2.05) is 17.0 Å². The molecule has 2 aromatic heterocycles.